The molecule has 33 heavy (non-hydrogen) atoms. The van der Waals surface area contributed by atoms with Crippen LogP contribution in [-0.2, 0) is 9.59 Å². The monoisotopic (exact) mass is 474 g/mol. The number of ether oxygens (including phenoxy) is 1. The van der Waals surface area contributed by atoms with Gasteiger partial charge < -0.3 is 10.1 Å². The van der Waals surface area contributed by atoms with E-state index in [4.69, 9.17) is 17.0 Å². The lowest BCUT2D eigenvalue weighted by atomic mass is 10.1. The molecule has 2 amide bonds. The summed E-state index contributed by atoms with van der Waals surface area (Å²) in [6.07, 6.45) is 1.75. The highest BCUT2D eigenvalue weighted by Crippen LogP contribution is 2.37. The predicted octanol–water partition coefficient (Wildman–Crippen LogP) is 5.73. The number of benzene rings is 3. The lowest BCUT2D eigenvalue weighted by Crippen LogP contribution is -2.27. The van der Waals surface area contributed by atoms with E-state index in [0.29, 0.717) is 20.5 Å². The summed E-state index contributed by atoms with van der Waals surface area (Å²) in [4.78, 5) is 27.4. The molecule has 5 nitrogen and oxygen atoms in total. The zero-order valence-electron chi connectivity index (χ0n) is 18.2. The van der Waals surface area contributed by atoms with E-state index in [1.807, 2.05) is 80.6 Å². The fourth-order valence-electron chi connectivity index (χ4n) is 3.32. The molecule has 1 aliphatic rings. The van der Waals surface area contributed by atoms with Gasteiger partial charge in [0.05, 0.1) is 10.6 Å². The summed E-state index contributed by atoms with van der Waals surface area (Å²) >= 11 is 6.70. The molecule has 0 aliphatic carbocycles. The molecule has 1 aliphatic heterocycles. The van der Waals surface area contributed by atoms with Crippen molar-refractivity contribution in [2.75, 3.05) is 16.8 Å². The van der Waals surface area contributed by atoms with E-state index in [-0.39, 0.29) is 18.4 Å². The Bertz CT molecular complexity index is 1250. The number of amides is 2. The van der Waals surface area contributed by atoms with Crippen molar-refractivity contribution >= 4 is 57.6 Å². The summed E-state index contributed by atoms with van der Waals surface area (Å²) < 4.78 is 6.25. The van der Waals surface area contributed by atoms with E-state index >= 15 is 0 Å². The number of rotatable bonds is 6. The predicted molar refractivity (Wildman–Crippen MR) is 139 cm³/mol. The van der Waals surface area contributed by atoms with Crippen LogP contribution in [0.3, 0.4) is 0 Å². The first-order valence-electron chi connectivity index (χ1n) is 10.3. The number of anilines is 2. The standard InChI is InChI=1S/C26H22N2O3S2/c1-17-10-12-21(13-11-17)28-25(30)23(33-26(28)32)15-19-7-3-4-9-22(19)31-16-24(29)27-20-8-5-6-18(2)14-20/h3-15H,16H2,1-2H3,(H,27,29)/b23-15-. The molecule has 0 radical (unpaired) electrons. The van der Waals surface area contributed by atoms with E-state index in [1.165, 1.54) is 16.7 Å². The first-order valence-corrected chi connectivity index (χ1v) is 11.6. The van der Waals surface area contributed by atoms with Crippen molar-refractivity contribution in [3.8, 4) is 5.75 Å². The Balaban J connectivity index is 1.48. The molecule has 0 aromatic heterocycles. The normalized spacial score (nSPS) is 14.6. The molecule has 3 aromatic rings. The minimum atomic E-state index is -0.263. The van der Waals surface area contributed by atoms with Crippen molar-refractivity contribution in [3.63, 3.8) is 0 Å². The second-order valence-corrected chi connectivity index (χ2v) is 9.27. The highest BCUT2D eigenvalue weighted by Gasteiger charge is 2.33. The summed E-state index contributed by atoms with van der Waals surface area (Å²) in [6, 6.07) is 22.5. The molecule has 0 atom stereocenters. The third kappa shape index (κ3) is 5.50. The molecule has 3 aromatic carbocycles. The quantitative estimate of drug-likeness (QED) is 0.365. The number of nitrogens with one attached hydrogen (secondary N) is 1. The van der Waals surface area contributed by atoms with Gasteiger partial charge in [0.2, 0.25) is 0 Å². The average molecular weight is 475 g/mol. The van der Waals surface area contributed by atoms with Crippen molar-refractivity contribution < 1.29 is 14.3 Å². The molecule has 1 saturated heterocycles. The van der Waals surface area contributed by atoms with Gasteiger partial charge in [-0.2, -0.15) is 0 Å². The zero-order valence-corrected chi connectivity index (χ0v) is 19.8. The summed E-state index contributed by atoms with van der Waals surface area (Å²) in [6.45, 7) is 3.80. The summed E-state index contributed by atoms with van der Waals surface area (Å²) in [5.41, 5.74) is 4.32. The molecule has 1 N–H and O–H groups in total. The number of aryl methyl sites for hydroxylation is 2. The third-order valence-corrected chi connectivity index (χ3v) is 6.25. The molecule has 0 spiro atoms. The van der Waals surface area contributed by atoms with Gasteiger partial charge >= 0.3 is 0 Å². The zero-order chi connectivity index (χ0) is 23.4. The second-order valence-electron chi connectivity index (χ2n) is 7.60. The van der Waals surface area contributed by atoms with Gasteiger partial charge in [-0.25, -0.2) is 0 Å². The van der Waals surface area contributed by atoms with E-state index in [0.717, 1.165) is 22.5 Å². The molecule has 1 heterocycles. The SMILES string of the molecule is Cc1ccc(N2C(=O)/C(=C/c3ccccc3OCC(=O)Nc3cccc(C)c3)SC2=S)cc1. The van der Waals surface area contributed by atoms with E-state index in [9.17, 15) is 9.59 Å². The number of thioether (sulfide) groups is 1. The van der Waals surface area contributed by atoms with Crippen molar-refractivity contribution in [2.45, 2.75) is 13.8 Å². The summed E-state index contributed by atoms with van der Waals surface area (Å²) in [7, 11) is 0. The molecule has 1 fully saturated rings. The molecule has 4 rings (SSSR count). The smallest absolute Gasteiger partial charge is 0.270 e. The first kappa shape index (κ1) is 22.8. The lowest BCUT2D eigenvalue weighted by Gasteiger charge is -2.14. The molecule has 0 saturated carbocycles. The fourth-order valence-corrected chi connectivity index (χ4v) is 4.61. The molecule has 166 valence electrons. The Morgan fingerprint density at radius 2 is 1.79 bits per heavy atom. The average Bonchev–Trinajstić information content (AvgIpc) is 3.06. The minimum Gasteiger partial charge on any atom is -0.483 e. The van der Waals surface area contributed by atoms with Gasteiger partial charge in [0.15, 0.2) is 10.9 Å². The number of para-hydroxylation sites is 1. The minimum absolute atomic E-state index is 0.150. The summed E-state index contributed by atoms with van der Waals surface area (Å²) in [5.74, 6) is 0.0689. The topological polar surface area (TPSA) is 58.6 Å². The number of carbonyl (C=O) groups excluding carboxylic acids is 2. The van der Waals surface area contributed by atoms with Gasteiger partial charge in [-0.1, -0.05) is 72.0 Å². The maximum absolute atomic E-state index is 13.1. The third-order valence-electron chi connectivity index (χ3n) is 4.95. The van der Waals surface area contributed by atoms with Crippen LogP contribution in [0, 0.1) is 13.8 Å². The molecular weight excluding hydrogens is 452 g/mol. The Kier molecular flexibility index (Phi) is 6.91. The number of carbonyl (C=O) groups is 2. The second kappa shape index (κ2) is 10.0. The fraction of sp³-hybridized carbons (Fsp3) is 0.115. The van der Waals surface area contributed by atoms with Crippen molar-refractivity contribution in [3.05, 3.63) is 94.4 Å². The van der Waals surface area contributed by atoms with Gasteiger partial charge in [0, 0.05) is 11.3 Å². The Labute approximate surface area is 202 Å². The number of nitrogens with zero attached hydrogens (tertiary/aromatic N) is 1. The highest BCUT2D eigenvalue weighted by atomic mass is 32.2. The van der Waals surface area contributed by atoms with Crippen molar-refractivity contribution in [1.82, 2.24) is 0 Å². The summed E-state index contributed by atoms with van der Waals surface area (Å²) in [5, 5.41) is 2.82. The molecule has 0 bridgehead atoms. The van der Waals surface area contributed by atoms with E-state index < -0.39 is 0 Å². The van der Waals surface area contributed by atoms with Gasteiger partial charge in [0.1, 0.15) is 5.75 Å². The van der Waals surface area contributed by atoms with Gasteiger partial charge in [-0.05, 0) is 55.8 Å². The van der Waals surface area contributed by atoms with Crippen molar-refractivity contribution in [2.24, 2.45) is 0 Å². The van der Waals surface area contributed by atoms with Crippen LogP contribution in [0.15, 0.2) is 77.7 Å². The van der Waals surface area contributed by atoms with Gasteiger partial charge in [-0.3, -0.25) is 14.5 Å². The first-order chi connectivity index (χ1) is 15.9. The van der Waals surface area contributed by atoms with Crippen LogP contribution in [0.1, 0.15) is 16.7 Å². The Hall–Kier alpha value is -3.42. The molecule has 7 heteroatoms. The van der Waals surface area contributed by atoms with Crippen LogP contribution < -0.4 is 15.0 Å². The maximum Gasteiger partial charge on any atom is 0.270 e. The number of hydrogen-bond acceptors (Lipinski definition) is 5. The van der Waals surface area contributed by atoms with E-state index in [2.05, 4.69) is 5.32 Å². The Morgan fingerprint density at radius 1 is 1.03 bits per heavy atom. The van der Waals surface area contributed by atoms with Crippen LogP contribution in [-0.4, -0.2) is 22.7 Å². The van der Waals surface area contributed by atoms with Crippen LogP contribution in [0.2, 0.25) is 0 Å². The maximum atomic E-state index is 13.1. The molecule has 0 unspecified atom stereocenters. The van der Waals surface area contributed by atoms with Crippen LogP contribution in [0.25, 0.3) is 6.08 Å². The van der Waals surface area contributed by atoms with Crippen molar-refractivity contribution in [1.29, 1.82) is 0 Å². The molecular formula is C26H22N2O3S2. The number of hydrogen-bond donors (Lipinski definition) is 1. The van der Waals surface area contributed by atoms with Gasteiger partial charge in [-0.15, -0.1) is 0 Å². The van der Waals surface area contributed by atoms with Crippen LogP contribution in [0.5, 0.6) is 5.75 Å². The van der Waals surface area contributed by atoms with E-state index in [1.54, 1.807) is 12.1 Å². The number of thiocarbonyl (C=S) groups is 1. The van der Waals surface area contributed by atoms with Gasteiger partial charge in [0.25, 0.3) is 11.8 Å². The lowest BCUT2D eigenvalue weighted by molar-refractivity contribution is -0.118. The largest absolute Gasteiger partial charge is 0.483 e. The Morgan fingerprint density at radius 3 is 2.55 bits per heavy atom. The van der Waals surface area contributed by atoms with Crippen LogP contribution in [0.4, 0.5) is 11.4 Å². The highest BCUT2D eigenvalue weighted by molar-refractivity contribution is 8.27. The van der Waals surface area contributed by atoms with Crippen LogP contribution >= 0.6 is 24.0 Å².